The number of anilines is 1. The molecule has 0 aromatic heterocycles. The molecule has 0 atom stereocenters. The highest BCUT2D eigenvalue weighted by Crippen LogP contribution is 2.32. The fraction of sp³-hybridized carbons (Fsp3) is 0.316. The van der Waals surface area contributed by atoms with Crippen LogP contribution in [0.15, 0.2) is 42.5 Å². The topological polar surface area (TPSA) is 42.0 Å². The first kappa shape index (κ1) is 15.7. The smallest absolute Gasteiger partial charge is 0.231 e. The van der Waals surface area contributed by atoms with Crippen LogP contribution in [0.1, 0.15) is 5.56 Å². The lowest BCUT2D eigenvalue weighted by molar-refractivity contribution is -0.130. The number of benzene rings is 2. The molecule has 1 amide bonds. The van der Waals surface area contributed by atoms with E-state index in [9.17, 15) is 9.18 Å². The summed E-state index contributed by atoms with van der Waals surface area (Å²) in [7, 11) is 0. The summed E-state index contributed by atoms with van der Waals surface area (Å²) in [5, 5.41) is 0. The van der Waals surface area contributed by atoms with Crippen LogP contribution in [-0.2, 0) is 11.2 Å². The average molecular weight is 342 g/mol. The fourth-order valence-electron chi connectivity index (χ4n) is 3.24. The van der Waals surface area contributed by atoms with Crippen LogP contribution in [0.5, 0.6) is 11.5 Å². The molecule has 2 aromatic carbocycles. The summed E-state index contributed by atoms with van der Waals surface area (Å²) in [6.45, 7) is 2.68. The minimum atomic E-state index is -0.220. The van der Waals surface area contributed by atoms with Crippen molar-refractivity contribution in [1.82, 2.24) is 4.90 Å². The summed E-state index contributed by atoms with van der Waals surface area (Å²) in [5.41, 5.74) is 1.51. The molecule has 0 bridgehead atoms. The number of amides is 1. The van der Waals surface area contributed by atoms with Gasteiger partial charge in [-0.3, -0.25) is 4.79 Å². The van der Waals surface area contributed by atoms with Gasteiger partial charge in [-0.1, -0.05) is 18.2 Å². The molecule has 5 nitrogen and oxygen atoms in total. The molecule has 2 aliphatic rings. The van der Waals surface area contributed by atoms with Gasteiger partial charge in [-0.15, -0.1) is 0 Å². The van der Waals surface area contributed by atoms with Crippen LogP contribution < -0.4 is 14.4 Å². The second kappa shape index (κ2) is 6.63. The van der Waals surface area contributed by atoms with Crippen LogP contribution in [0.4, 0.5) is 10.1 Å². The maximum Gasteiger partial charge on any atom is 0.231 e. The van der Waals surface area contributed by atoms with Gasteiger partial charge < -0.3 is 19.3 Å². The number of fused-ring (bicyclic) bond motifs is 1. The predicted molar refractivity (Wildman–Crippen MR) is 91.5 cm³/mol. The Kier molecular flexibility index (Phi) is 4.17. The number of halogens is 1. The highest BCUT2D eigenvalue weighted by molar-refractivity contribution is 5.79. The maximum absolute atomic E-state index is 13.9. The predicted octanol–water partition coefficient (Wildman–Crippen LogP) is 2.45. The molecule has 0 spiro atoms. The van der Waals surface area contributed by atoms with Gasteiger partial charge in [0.05, 0.1) is 12.1 Å². The first-order chi connectivity index (χ1) is 12.2. The summed E-state index contributed by atoms with van der Waals surface area (Å²) in [6.07, 6.45) is 0.330. The Bertz CT molecular complexity index is 788. The van der Waals surface area contributed by atoms with E-state index in [0.717, 1.165) is 11.3 Å². The first-order valence-corrected chi connectivity index (χ1v) is 8.36. The van der Waals surface area contributed by atoms with Crippen molar-refractivity contribution >= 4 is 11.6 Å². The van der Waals surface area contributed by atoms with E-state index >= 15 is 0 Å². The van der Waals surface area contributed by atoms with E-state index in [-0.39, 0.29) is 18.5 Å². The molecular weight excluding hydrogens is 323 g/mol. The number of hydrogen-bond donors (Lipinski definition) is 0. The Morgan fingerprint density at radius 1 is 1.00 bits per heavy atom. The Morgan fingerprint density at radius 3 is 2.56 bits per heavy atom. The number of rotatable bonds is 3. The lowest BCUT2D eigenvalue weighted by Crippen LogP contribution is -2.49. The van der Waals surface area contributed by atoms with Crippen LogP contribution in [-0.4, -0.2) is 43.8 Å². The Hall–Kier alpha value is -2.76. The molecule has 0 aliphatic carbocycles. The molecule has 2 aromatic rings. The quantitative estimate of drug-likeness (QED) is 0.859. The van der Waals surface area contributed by atoms with Crippen molar-refractivity contribution in [3.8, 4) is 11.5 Å². The van der Waals surface area contributed by atoms with Gasteiger partial charge in [-0.2, -0.15) is 0 Å². The fourth-order valence-corrected chi connectivity index (χ4v) is 3.24. The summed E-state index contributed by atoms with van der Waals surface area (Å²) >= 11 is 0. The van der Waals surface area contributed by atoms with Crippen molar-refractivity contribution in [3.63, 3.8) is 0 Å². The minimum absolute atomic E-state index is 0.0760. The summed E-state index contributed by atoms with van der Waals surface area (Å²) in [6, 6.07) is 12.3. The van der Waals surface area contributed by atoms with E-state index in [4.69, 9.17) is 9.47 Å². The van der Waals surface area contributed by atoms with Crippen LogP contribution in [0, 0.1) is 5.82 Å². The number of nitrogens with zero attached hydrogens (tertiary/aromatic N) is 2. The molecule has 0 saturated carbocycles. The van der Waals surface area contributed by atoms with Crippen molar-refractivity contribution < 1.29 is 18.7 Å². The van der Waals surface area contributed by atoms with Gasteiger partial charge in [0.15, 0.2) is 11.5 Å². The van der Waals surface area contributed by atoms with Gasteiger partial charge >= 0.3 is 0 Å². The highest BCUT2D eigenvalue weighted by Gasteiger charge is 2.23. The number of ether oxygens (including phenoxy) is 2. The summed E-state index contributed by atoms with van der Waals surface area (Å²) in [4.78, 5) is 16.4. The summed E-state index contributed by atoms with van der Waals surface area (Å²) < 4.78 is 24.5. The average Bonchev–Trinajstić information content (AvgIpc) is 3.10. The van der Waals surface area contributed by atoms with Gasteiger partial charge in [0.1, 0.15) is 5.82 Å². The molecular formula is C19H19FN2O3. The SMILES string of the molecule is O=C(Cc1ccc2c(c1)OCO2)N1CCN(c2ccccc2F)CC1. The molecule has 2 heterocycles. The second-order valence-electron chi connectivity index (χ2n) is 6.18. The lowest BCUT2D eigenvalue weighted by atomic mass is 10.1. The van der Waals surface area contributed by atoms with E-state index in [2.05, 4.69) is 0 Å². The van der Waals surface area contributed by atoms with Gasteiger partial charge in [0.25, 0.3) is 0 Å². The largest absolute Gasteiger partial charge is 0.454 e. The third kappa shape index (κ3) is 3.24. The maximum atomic E-state index is 13.9. The number of para-hydroxylation sites is 1. The molecule has 0 unspecified atom stereocenters. The van der Waals surface area contributed by atoms with Gasteiger partial charge in [-0.05, 0) is 29.8 Å². The number of piperazine rings is 1. The van der Waals surface area contributed by atoms with Gasteiger partial charge in [-0.25, -0.2) is 4.39 Å². The van der Waals surface area contributed by atoms with Crippen LogP contribution in [0.2, 0.25) is 0 Å². The zero-order chi connectivity index (χ0) is 17.2. The molecule has 25 heavy (non-hydrogen) atoms. The van der Waals surface area contributed by atoms with Crippen molar-refractivity contribution in [2.75, 3.05) is 37.9 Å². The van der Waals surface area contributed by atoms with Gasteiger partial charge in [0, 0.05) is 26.2 Å². The van der Waals surface area contributed by atoms with Crippen molar-refractivity contribution in [3.05, 3.63) is 53.8 Å². The van der Waals surface area contributed by atoms with Crippen molar-refractivity contribution in [1.29, 1.82) is 0 Å². The lowest BCUT2D eigenvalue weighted by Gasteiger charge is -2.36. The second-order valence-corrected chi connectivity index (χ2v) is 6.18. The molecule has 4 rings (SSSR count). The molecule has 2 aliphatic heterocycles. The third-order valence-corrected chi connectivity index (χ3v) is 4.62. The van der Waals surface area contributed by atoms with Crippen molar-refractivity contribution in [2.24, 2.45) is 0 Å². The van der Waals surface area contributed by atoms with Gasteiger partial charge in [0.2, 0.25) is 12.7 Å². The standard InChI is InChI=1S/C19H19FN2O3/c20-15-3-1-2-4-16(15)21-7-9-22(10-8-21)19(23)12-14-5-6-17-18(11-14)25-13-24-17/h1-6,11H,7-10,12-13H2. The number of hydrogen-bond acceptors (Lipinski definition) is 4. The van der Waals surface area contributed by atoms with E-state index < -0.39 is 0 Å². The Morgan fingerprint density at radius 2 is 1.76 bits per heavy atom. The van der Waals surface area contributed by atoms with E-state index in [0.29, 0.717) is 44.0 Å². The van der Waals surface area contributed by atoms with Crippen LogP contribution >= 0.6 is 0 Å². The number of carbonyl (C=O) groups excluding carboxylic acids is 1. The highest BCUT2D eigenvalue weighted by atomic mass is 19.1. The van der Waals surface area contributed by atoms with E-state index in [1.54, 1.807) is 12.1 Å². The van der Waals surface area contributed by atoms with E-state index in [1.165, 1.54) is 6.07 Å². The van der Waals surface area contributed by atoms with Crippen molar-refractivity contribution in [2.45, 2.75) is 6.42 Å². The Labute approximate surface area is 145 Å². The molecule has 1 saturated heterocycles. The zero-order valence-electron chi connectivity index (χ0n) is 13.8. The first-order valence-electron chi connectivity index (χ1n) is 8.36. The molecule has 6 heteroatoms. The van der Waals surface area contributed by atoms with Crippen LogP contribution in [0.3, 0.4) is 0 Å². The summed E-state index contributed by atoms with van der Waals surface area (Å²) in [5.74, 6) is 1.26. The van der Waals surface area contributed by atoms with E-state index in [1.807, 2.05) is 34.1 Å². The molecule has 1 fully saturated rings. The molecule has 130 valence electrons. The normalized spacial score (nSPS) is 16.2. The minimum Gasteiger partial charge on any atom is -0.454 e. The molecule has 0 radical (unpaired) electrons. The number of carbonyl (C=O) groups is 1. The molecule has 0 N–H and O–H groups in total. The third-order valence-electron chi connectivity index (χ3n) is 4.62. The monoisotopic (exact) mass is 342 g/mol. The van der Waals surface area contributed by atoms with Crippen LogP contribution in [0.25, 0.3) is 0 Å². The zero-order valence-corrected chi connectivity index (χ0v) is 13.8. The Balaban J connectivity index is 1.36.